The highest BCUT2D eigenvalue weighted by Gasteiger charge is 2.33. The molecule has 0 fully saturated rings. The molecule has 6 rings (SSSR count). The first kappa shape index (κ1) is 28.9. The Kier molecular flexibility index (Phi) is 7.95. The second-order valence-corrected chi connectivity index (χ2v) is 12.4. The molecular formula is C35H32ClN3O3S. The zero-order valence-electron chi connectivity index (χ0n) is 24.5. The van der Waals surface area contributed by atoms with Crippen LogP contribution in [-0.2, 0) is 16.1 Å². The molecule has 0 amide bonds. The number of hydrogen-bond donors (Lipinski definition) is 0. The number of rotatable bonds is 7. The van der Waals surface area contributed by atoms with Crippen molar-refractivity contribution in [1.29, 1.82) is 0 Å². The van der Waals surface area contributed by atoms with Crippen LogP contribution < -0.4 is 14.9 Å². The van der Waals surface area contributed by atoms with Crippen LogP contribution in [-0.4, -0.2) is 21.7 Å². The van der Waals surface area contributed by atoms with Crippen LogP contribution in [0.3, 0.4) is 0 Å². The van der Waals surface area contributed by atoms with Crippen LogP contribution in [0.2, 0.25) is 5.02 Å². The van der Waals surface area contributed by atoms with Gasteiger partial charge in [0.05, 0.1) is 28.5 Å². The van der Waals surface area contributed by atoms with Gasteiger partial charge in [-0.25, -0.2) is 9.79 Å². The highest BCUT2D eigenvalue weighted by Crippen LogP contribution is 2.32. The van der Waals surface area contributed by atoms with E-state index in [0.717, 1.165) is 27.6 Å². The normalized spacial score (nSPS) is 15.2. The molecule has 0 saturated heterocycles. The molecule has 0 spiro atoms. The van der Waals surface area contributed by atoms with Crippen LogP contribution in [0.15, 0.2) is 100 Å². The van der Waals surface area contributed by atoms with Gasteiger partial charge in [-0.3, -0.25) is 9.36 Å². The number of para-hydroxylation sites is 1. The molecule has 8 heteroatoms. The summed E-state index contributed by atoms with van der Waals surface area (Å²) in [5.41, 5.74) is 5.75. The van der Waals surface area contributed by atoms with Crippen LogP contribution in [0, 0.1) is 0 Å². The molecule has 2 aromatic heterocycles. The Morgan fingerprint density at radius 1 is 1.07 bits per heavy atom. The topological polar surface area (TPSA) is 65.6 Å². The van der Waals surface area contributed by atoms with E-state index < -0.39 is 12.0 Å². The number of allylic oxidation sites excluding steroid dienone is 1. The van der Waals surface area contributed by atoms with Crippen LogP contribution in [0.4, 0.5) is 0 Å². The minimum Gasteiger partial charge on any atom is -0.463 e. The number of carbonyl (C=O) groups excluding carboxylic acids is 1. The Morgan fingerprint density at radius 3 is 2.51 bits per heavy atom. The van der Waals surface area contributed by atoms with Crippen molar-refractivity contribution in [3.63, 3.8) is 0 Å². The number of esters is 1. The van der Waals surface area contributed by atoms with E-state index in [1.165, 1.54) is 16.9 Å². The first-order valence-electron chi connectivity index (χ1n) is 14.4. The number of ether oxygens (including phenoxy) is 1. The van der Waals surface area contributed by atoms with E-state index in [-0.39, 0.29) is 12.2 Å². The minimum absolute atomic E-state index is 0.195. The number of benzene rings is 3. The van der Waals surface area contributed by atoms with E-state index >= 15 is 0 Å². The second kappa shape index (κ2) is 11.8. The van der Waals surface area contributed by atoms with Gasteiger partial charge in [-0.05, 0) is 54.7 Å². The minimum atomic E-state index is -0.639. The lowest BCUT2D eigenvalue weighted by atomic mass is 9.93. The maximum absolute atomic E-state index is 14.2. The Balaban J connectivity index is 1.51. The standard InChI is InChI=1S/C35H32ClN3O3S/c1-5-42-34(41)31-22(4)37-35-39(32(31)24-16-14-23(15-17-24)21(2)3)33(40)30(43-35)18-26-20-38(29-13-9-7-11-27(26)29)19-25-10-6-8-12-28(25)36/h6-18,20-21,32H,5,19H2,1-4H3/t32-/m1/s1. The molecule has 0 N–H and O–H groups in total. The first-order chi connectivity index (χ1) is 20.8. The monoisotopic (exact) mass is 609 g/mol. The molecule has 1 aliphatic rings. The number of hydrogen-bond acceptors (Lipinski definition) is 5. The Morgan fingerprint density at radius 2 is 1.79 bits per heavy atom. The predicted octanol–water partition coefficient (Wildman–Crippen LogP) is 6.58. The predicted molar refractivity (Wildman–Crippen MR) is 173 cm³/mol. The molecule has 6 nitrogen and oxygen atoms in total. The fourth-order valence-corrected chi connectivity index (χ4v) is 6.88. The van der Waals surface area contributed by atoms with Gasteiger partial charge < -0.3 is 9.30 Å². The lowest BCUT2D eigenvalue weighted by molar-refractivity contribution is -0.139. The molecule has 0 saturated carbocycles. The van der Waals surface area contributed by atoms with Crippen molar-refractivity contribution in [3.05, 3.63) is 137 Å². The van der Waals surface area contributed by atoms with E-state index in [2.05, 4.69) is 48.9 Å². The van der Waals surface area contributed by atoms with Gasteiger partial charge in [0.25, 0.3) is 5.56 Å². The van der Waals surface area contributed by atoms with Crippen molar-refractivity contribution in [2.24, 2.45) is 4.99 Å². The van der Waals surface area contributed by atoms with E-state index in [1.807, 2.05) is 54.6 Å². The van der Waals surface area contributed by atoms with Gasteiger partial charge in [-0.2, -0.15) is 0 Å². The summed E-state index contributed by atoms with van der Waals surface area (Å²) in [6, 6.07) is 23.4. The lowest BCUT2D eigenvalue weighted by Gasteiger charge is -2.25. The molecule has 1 atom stereocenters. The van der Waals surface area contributed by atoms with Crippen molar-refractivity contribution < 1.29 is 9.53 Å². The third-order valence-corrected chi connectivity index (χ3v) is 9.19. The fourth-order valence-electron chi connectivity index (χ4n) is 5.64. The van der Waals surface area contributed by atoms with Crippen molar-refractivity contribution >= 4 is 45.9 Å². The number of nitrogens with zero attached hydrogens (tertiary/aromatic N) is 3. The molecule has 0 unspecified atom stereocenters. The maximum atomic E-state index is 14.2. The van der Waals surface area contributed by atoms with Crippen molar-refractivity contribution in [2.75, 3.05) is 6.61 Å². The maximum Gasteiger partial charge on any atom is 0.338 e. The summed E-state index contributed by atoms with van der Waals surface area (Å²) >= 11 is 7.81. The molecule has 3 aromatic carbocycles. The largest absolute Gasteiger partial charge is 0.463 e. The molecule has 3 heterocycles. The van der Waals surface area contributed by atoms with Crippen LogP contribution in [0.25, 0.3) is 17.0 Å². The summed E-state index contributed by atoms with van der Waals surface area (Å²) < 4.78 is 9.78. The molecule has 0 aliphatic carbocycles. The van der Waals surface area contributed by atoms with Gasteiger partial charge in [-0.15, -0.1) is 0 Å². The summed E-state index contributed by atoms with van der Waals surface area (Å²) in [7, 11) is 0. The van der Waals surface area contributed by atoms with E-state index in [1.54, 1.807) is 18.4 Å². The lowest BCUT2D eigenvalue weighted by Crippen LogP contribution is -2.39. The number of fused-ring (bicyclic) bond motifs is 2. The van der Waals surface area contributed by atoms with Crippen LogP contribution in [0.5, 0.6) is 0 Å². The van der Waals surface area contributed by atoms with E-state index in [0.29, 0.717) is 38.1 Å². The van der Waals surface area contributed by atoms with Gasteiger partial charge in [-0.1, -0.05) is 97.4 Å². The average Bonchev–Trinajstić information content (AvgIpc) is 3.50. The number of thiazole rings is 1. The SMILES string of the molecule is CCOC(=O)C1=C(C)N=c2sc(=Cc3cn(Cc4ccccc4Cl)c4ccccc34)c(=O)n2[C@@H]1c1ccc(C(C)C)cc1. The third kappa shape index (κ3) is 5.39. The van der Waals surface area contributed by atoms with Gasteiger partial charge >= 0.3 is 5.97 Å². The summed E-state index contributed by atoms with van der Waals surface area (Å²) in [4.78, 5) is 32.7. The number of carbonyl (C=O) groups is 1. The number of halogens is 1. The van der Waals surface area contributed by atoms with Gasteiger partial charge in [0.1, 0.15) is 0 Å². The summed E-state index contributed by atoms with van der Waals surface area (Å²) in [6.07, 6.45) is 3.99. The molecular weight excluding hydrogens is 578 g/mol. The average molecular weight is 610 g/mol. The molecule has 43 heavy (non-hydrogen) atoms. The van der Waals surface area contributed by atoms with Gasteiger partial charge in [0, 0.05) is 34.2 Å². The first-order valence-corrected chi connectivity index (χ1v) is 15.6. The van der Waals surface area contributed by atoms with Gasteiger partial charge in [0.2, 0.25) is 0 Å². The Bertz CT molecular complexity index is 2070. The summed E-state index contributed by atoms with van der Waals surface area (Å²) in [6.45, 7) is 8.69. The summed E-state index contributed by atoms with van der Waals surface area (Å²) in [5.74, 6) is -0.100. The Hall–Kier alpha value is -4.20. The van der Waals surface area contributed by atoms with Crippen LogP contribution >= 0.6 is 22.9 Å². The molecule has 218 valence electrons. The Labute approximate surface area is 258 Å². The highest BCUT2D eigenvalue weighted by molar-refractivity contribution is 7.07. The molecule has 5 aromatic rings. The smallest absolute Gasteiger partial charge is 0.338 e. The van der Waals surface area contributed by atoms with Crippen molar-refractivity contribution in [1.82, 2.24) is 9.13 Å². The molecule has 0 radical (unpaired) electrons. The van der Waals surface area contributed by atoms with Crippen LogP contribution in [0.1, 0.15) is 61.9 Å². The second-order valence-electron chi connectivity index (χ2n) is 10.9. The number of aromatic nitrogens is 2. The third-order valence-electron chi connectivity index (χ3n) is 7.84. The molecule has 0 bridgehead atoms. The summed E-state index contributed by atoms with van der Waals surface area (Å²) in [5, 5.41) is 1.74. The van der Waals surface area contributed by atoms with Crippen molar-refractivity contribution in [3.8, 4) is 0 Å². The molecule has 1 aliphatic heterocycles. The quantitative estimate of drug-likeness (QED) is 0.196. The highest BCUT2D eigenvalue weighted by atomic mass is 35.5. The fraction of sp³-hybridized carbons (Fsp3) is 0.229. The van der Waals surface area contributed by atoms with Gasteiger partial charge in [0.15, 0.2) is 4.80 Å². The van der Waals surface area contributed by atoms with Crippen molar-refractivity contribution in [2.45, 2.75) is 46.2 Å². The zero-order valence-corrected chi connectivity index (χ0v) is 26.1. The van der Waals surface area contributed by atoms with E-state index in [9.17, 15) is 9.59 Å². The van der Waals surface area contributed by atoms with E-state index in [4.69, 9.17) is 21.3 Å². The zero-order chi connectivity index (χ0) is 30.2.